The number of allylic oxidation sites excluding steroid dienone is 2. The van der Waals surface area contributed by atoms with E-state index < -0.39 is 14.0 Å². The average molecular weight is 799 g/mol. The minimum Gasteiger partial charge on any atom is -0.405 e. The van der Waals surface area contributed by atoms with Gasteiger partial charge in [0.05, 0.1) is 33.6 Å². The molecular weight excluding hydrogens is 740 g/mol. The van der Waals surface area contributed by atoms with E-state index in [2.05, 4.69) is 125 Å². The van der Waals surface area contributed by atoms with Crippen molar-refractivity contribution in [3.05, 3.63) is 148 Å². The molecule has 2 aliphatic carbocycles. The Labute approximate surface area is 353 Å². The molecule has 6 nitrogen and oxygen atoms in total. The zero-order valence-electron chi connectivity index (χ0n) is 36.4. The first-order chi connectivity index (χ1) is 27.1. The van der Waals surface area contributed by atoms with Gasteiger partial charge in [-0.25, -0.2) is 0 Å². The Morgan fingerprint density at radius 3 is 1.21 bits per heavy atom. The van der Waals surface area contributed by atoms with Gasteiger partial charge >= 0.3 is 21.1 Å². The summed E-state index contributed by atoms with van der Waals surface area (Å²) in [5.74, 6) is 0. The molecule has 302 valence electrons. The molecule has 0 aromatic heterocycles. The van der Waals surface area contributed by atoms with Crippen molar-refractivity contribution in [2.75, 3.05) is 0 Å². The molecule has 3 saturated heterocycles. The van der Waals surface area contributed by atoms with Gasteiger partial charge in [0.2, 0.25) is 0 Å². The number of halogens is 1. The lowest BCUT2D eigenvalue weighted by molar-refractivity contribution is 0.00578. The highest BCUT2D eigenvalue weighted by Gasteiger charge is 2.63. The maximum absolute atomic E-state index is 6.21. The summed E-state index contributed by atoms with van der Waals surface area (Å²) in [6.07, 6.45) is 6.59. The van der Waals surface area contributed by atoms with Crippen LogP contribution in [0.1, 0.15) is 116 Å². The second-order valence-corrected chi connectivity index (χ2v) is 19.4. The largest absolute Gasteiger partial charge is 0.494 e. The Hall–Kier alpha value is -3.40. The van der Waals surface area contributed by atoms with Crippen molar-refractivity contribution in [3.8, 4) is 0 Å². The number of hydrogen-bond acceptors (Lipinski definition) is 6. The molecule has 0 atom stereocenters. The van der Waals surface area contributed by atoms with E-state index >= 15 is 0 Å². The zero-order valence-corrected chi connectivity index (χ0v) is 37.1. The van der Waals surface area contributed by atoms with Crippen LogP contribution in [0.2, 0.25) is 5.02 Å². The Balaban J connectivity index is 0.000000136. The van der Waals surface area contributed by atoms with Gasteiger partial charge in [-0.2, -0.15) is 0 Å². The summed E-state index contributed by atoms with van der Waals surface area (Å²) in [5.41, 5.74) is 9.49. The summed E-state index contributed by atoms with van der Waals surface area (Å²) in [5, 5.41) is 0.808. The lowest BCUT2D eigenvalue weighted by Gasteiger charge is -2.32. The van der Waals surface area contributed by atoms with Gasteiger partial charge in [-0.3, -0.25) is 0 Å². The quantitative estimate of drug-likeness (QED) is 0.192. The summed E-state index contributed by atoms with van der Waals surface area (Å²) in [6.45, 7) is 24.6. The van der Waals surface area contributed by atoms with E-state index in [0.29, 0.717) is 0 Å². The van der Waals surface area contributed by atoms with Crippen LogP contribution in [0.4, 0.5) is 0 Å². The lowest BCUT2D eigenvalue weighted by atomic mass is 9.49. The van der Waals surface area contributed by atoms with Crippen molar-refractivity contribution in [1.82, 2.24) is 0 Å². The number of rotatable bonds is 4. The maximum Gasteiger partial charge on any atom is 0.494 e. The number of fused-ring (bicyclic) bond motifs is 2. The average Bonchev–Trinajstić information content (AvgIpc) is 3.92. The summed E-state index contributed by atoms with van der Waals surface area (Å²) in [6, 6.07) is 33.8. The highest BCUT2D eigenvalue weighted by atomic mass is 35.5. The summed E-state index contributed by atoms with van der Waals surface area (Å²) < 4.78 is 36.3. The van der Waals surface area contributed by atoms with E-state index in [-0.39, 0.29) is 40.7 Å². The van der Waals surface area contributed by atoms with Gasteiger partial charge in [0.15, 0.2) is 0 Å². The first kappa shape index (κ1) is 42.7. The van der Waals surface area contributed by atoms with Crippen molar-refractivity contribution in [2.24, 2.45) is 0 Å². The standard InChI is InChI=1S/C21H23BO2.C15H11Cl.C12H24B2O4/c1-20(2)21(3,4)24-22(23-20)17-12-10-16-11-13-18(19(16)14-17)15-8-6-5-7-9-15;16-13-8-6-12-7-9-14(15(12)10-13)11-4-2-1-3-5-11;1-9(2)10(3,4)16-13(15-9)14-17-11(5,6)12(7,8)18-14/h5-10,12-14H,11H2,1-4H3;1-6,8-10H,7H2;1-8H3. The van der Waals surface area contributed by atoms with E-state index in [1.165, 1.54) is 44.5 Å². The van der Waals surface area contributed by atoms with Crippen molar-refractivity contribution in [1.29, 1.82) is 0 Å². The molecule has 58 heavy (non-hydrogen) atoms. The second kappa shape index (κ2) is 15.6. The van der Waals surface area contributed by atoms with Crippen LogP contribution in [-0.4, -0.2) is 54.7 Å². The molecule has 3 heterocycles. The smallest absolute Gasteiger partial charge is 0.405 e. The third kappa shape index (κ3) is 8.34. The highest BCUT2D eigenvalue weighted by molar-refractivity contribution is 7.11. The van der Waals surface area contributed by atoms with E-state index in [1.54, 1.807) is 0 Å². The monoisotopic (exact) mass is 798 g/mol. The highest BCUT2D eigenvalue weighted by Crippen LogP contribution is 2.43. The van der Waals surface area contributed by atoms with Gasteiger partial charge in [-0.05, 0) is 158 Å². The second-order valence-electron chi connectivity index (χ2n) is 18.9. The topological polar surface area (TPSA) is 55.4 Å². The van der Waals surface area contributed by atoms with Crippen LogP contribution in [0.25, 0.3) is 11.1 Å². The molecule has 10 heteroatoms. The van der Waals surface area contributed by atoms with Gasteiger partial charge in [-0.15, -0.1) is 0 Å². The van der Waals surface area contributed by atoms with Crippen molar-refractivity contribution >= 4 is 49.3 Å². The van der Waals surface area contributed by atoms with Crippen LogP contribution < -0.4 is 5.46 Å². The molecule has 5 aliphatic rings. The molecule has 4 aromatic carbocycles. The fraction of sp³-hybridized carbons (Fsp3) is 0.417. The van der Waals surface area contributed by atoms with Gasteiger partial charge in [0.25, 0.3) is 0 Å². The minimum absolute atomic E-state index is 0.307. The molecule has 0 unspecified atom stereocenters. The zero-order chi connectivity index (χ0) is 41.9. The third-order valence-electron chi connectivity index (χ3n) is 13.3. The Kier molecular flexibility index (Phi) is 11.5. The predicted octanol–water partition coefficient (Wildman–Crippen LogP) is 10.6. The fourth-order valence-electron chi connectivity index (χ4n) is 7.55. The molecule has 0 bridgehead atoms. The van der Waals surface area contributed by atoms with E-state index in [0.717, 1.165) is 23.3 Å². The van der Waals surface area contributed by atoms with Crippen LogP contribution in [0.3, 0.4) is 0 Å². The minimum atomic E-state index is -0.476. The molecule has 0 radical (unpaired) electrons. The van der Waals surface area contributed by atoms with Gasteiger partial charge in [0.1, 0.15) is 0 Å². The van der Waals surface area contributed by atoms with Crippen LogP contribution in [0.15, 0.2) is 109 Å². The normalized spacial score (nSPS) is 22.3. The maximum atomic E-state index is 6.21. The first-order valence-corrected chi connectivity index (χ1v) is 21.0. The molecule has 0 saturated carbocycles. The molecular formula is C48H58B3ClO6. The van der Waals surface area contributed by atoms with Gasteiger partial charge in [0, 0.05) is 5.02 Å². The molecule has 0 N–H and O–H groups in total. The Morgan fingerprint density at radius 2 is 0.793 bits per heavy atom. The summed E-state index contributed by atoms with van der Waals surface area (Å²) in [7, 11) is -1.26. The van der Waals surface area contributed by atoms with E-state index in [9.17, 15) is 0 Å². The van der Waals surface area contributed by atoms with Crippen molar-refractivity contribution in [2.45, 2.75) is 130 Å². The van der Waals surface area contributed by atoms with Crippen molar-refractivity contribution in [3.63, 3.8) is 0 Å². The SMILES string of the molecule is CC1(C)OB(B2OC(C)(C)C(C)(C)O2)OC1(C)C.CC1(C)OB(c2ccc3c(c2)C(c2ccccc2)=CC3)OC1(C)C.Clc1ccc2c(c1)C(c1ccccc1)=CC2. The molecule has 9 rings (SSSR count). The fourth-order valence-corrected chi connectivity index (χ4v) is 7.72. The van der Waals surface area contributed by atoms with Gasteiger partial charge in [-0.1, -0.05) is 109 Å². The molecule has 4 aromatic rings. The van der Waals surface area contributed by atoms with Crippen LogP contribution in [-0.2, 0) is 40.8 Å². The molecule has 3 aliphatic heterocycles. The third-order valence-corrected chi connectivity index (χ3v) is 13.5. The molecule has 0 amide bonds. The first-order valence-electron chi connectivity index (χ1n) is 20.6. The number of hydrogen-bond donors (Lipinski definition) is 0. The van der Waals surface area contributed by atoms with E-state index in [4.69, 9.17) is 39.5 Å². The van der Waals surface area contributed by atoms with Crippen LogP contribution in [0.5, 0.6) is 0 Å². The summed E-state index contributed by atoms with van der Waals surface area (Å²) in [4.78, 5) is 0. The van der Waals surface area contributed by atoms with Crippen molar-refractivity contribution < 1.29 is 27.9 Å². The molecule has 3 fully saturated rings. The van der Waals surface area contributed by atoms with Crippen LogP contribution in [0, 0.1) is 0 Å². The summed E-state index contributed by atoms with van der Waals surface area (Å²) >= 11 is 6.05. The Bertz CT molecular complexity index is 2110. The number of benzene rings is 4. The van der Waals surface area contributed by atoms with Crippen LogP contribution >= 0.6 is 11.6 Å². The Morgan fingerprint density at radius 1 is 0.431 bits per heavy atom. The van der Waals surface area contributed by atoms with E-state index in [1.807, 2.05) is 67.5 Å². The van der Waals surface area contributed by atoms with Gasteiger partial charge < -0.3 is 27.9 Å². The lowest BCUT2D eigenvalue weighted by Crippen LogP contribution is -2.41. The molecule has 0 spiro atoms. The predicted molar refractivity (Wildman–Crippen MR) is 240 cm³/mol.